The molecule has 128 valence electrons. The summed E-state index contributed by atoms with van der Waals surface area (Å²) in [6.45, 7) is 7.15. The number of nitrogens with one attached hydrogen (secondary N) is 1. The average Bonchev–Trinajstić information content (AvgIpc) is 3.08. The van der Waals surface area contributed by atoms with Crippen LogP contribution in [0.3, 0.4) is 0 Å². The van der Waals surface area contributed by atoms with Crippen molar-refractivity contribution in [3.05, 3.63) is 34.0 Å². The summed E-state index contributed by atoms with van der Waals surface area (Å²) in [5.74, 6) is 0.0866. The quantitative estimate of drug-likeness (QED) is 0.716. The fourth-order valence-electron chi connectivity index (χ4n) is 3.06. The van der Waals surface area contributed by atoms with Gasteiger partial charge >= 0.3 is 0 Å². The van der Waals surface area contributed by atoms with Crippen LogP contribution < -0.4 is 11.1 Å². The van der Waals surface area contributed by atoms with Crippen LogP contribution in [-0.2, 0) is 4.74 Å². The number of ether oxygens (including phenoxy) is 1. The van der Waals surface area contributed by atoms with Crippen LogP contribution in [0.15, 0.2) is 29.2 Å². The highest BCUT2D eigenvalue weighted by molar-refractivity contribution is 7.12. The number of ketones is 1. The van der Waals surface area contributed by atoms with Gasteiger partial charge in [-0.15, -0.1) is 11.3 Å². The Balaban J connectivity index is 2.23. The molecule has 1 aliphatic carbocycles. The Labute approximate surface area is 143 Å². The van der Waals surface area contributed by atoms with E-state index in [4.69, 9.17) is 10.5 Å². The third kappa shape index (κ3) is 4.51. The van der Waals surface area contributed by atoms with Crippen molar-refractivity contribution >= 4 is 17.1 Å². The van der Waals surface area contributed by atoms with Gasteiger partial charge < -0.3 is 15.8 Å². The summed E-state index contributed by atoms with van der Waals surface area (Å²) < 4.78 is 6.26. The molecular formula is C18H28N2O2S. The maximum absolute atomic E-state index is 12.7. The minimum atomic E-state index is -0.150. The SMILES string of the molecule is CCN[C@@H]1[C@@H](N)CC(C(=O)c2cccs2)=C[C@H]1OC(CC)CC. The van der Waals surface area contributed by atoms with Gasteiger partial charge in [0.05, 0.1) is 23.1 Å². The summed E-state index contributed by atoms with van der Waals surface area (Å²) in [5.41, 5.74) is 7.15. The van der Waals surface area contributed by atoms with Crippen molar-refractivity contribution in [2.45, 2.75) is 64.3 Å². The third-order valence-electron chi connectivity index (χ3n) is 4.37. The molecule has 0 aliphatic heterocycles. The maximum atomic E-state index is 12.7. The average molecular weight is 337 g/mol. The number of carbonyl (C=O) groups excluding carboxylic acids is 1. The summed E-state index contributed by atoms with van der Waals surface area (Å²) >= 11 is 1.47. The number of carbonyl (C=O) groups is 1. The van der Waals surface area contributed by atoms with E-state index in [1.807, 2.05) is 23.6 Å². The summed E-state index contributed by atoms with van der Waals surface area (Å²) in [6.07, 6.45) is 4.56. The molecule has 0 amide bonds. The third-order valence-corrected chi connectivity index (χ3v) is 5.24. The Bertz CT molecular complexity index is 523. The van der Waals surface area contributed by atoms with Crippen LogP contribution in [0, 0.1) is 0 Å². The summed E-state index contributed by atoms with van der Waals surface area (Å²) in [6, 6.07) is 3.71. The van der Waals surface area contributed by atoms with Gasteiger partial charge in [-0.2, -0.15) is 0 Å². The second-order valence-electron chi connectivity index (χ2n) is 5.99. The van der Waals surface area contributed by atoms with Crippen molar-refractivity contribution in [2.75, 3.05) is 6.54 Å². The largest absolute Gasteiger partial charge is 0.369 e. The van der Waals surface area contributed by atoms with Crippen molar-refractivity contribution in [1.82, 2.24) is 5.32 Å². The van der Waals surface area contributed by atoms with E-state index in [-0.39, 0.29) is 30.1 Å². The molecule has 0 bridgehead atoms. The van der Waals surface area contributed by atoms with E-state index in [9.17, 15) is 4.79 Å². The molecule has 0 spiro atoms. The monoisotopic (exact) mass is 336 g/mol. The van der Waals surface area contributed by atoms with Crippen LogP contribution in [0.4, 0.5) is 0 Å². The lowest BCUT2D eigenvalue weighted by atomic mass is 9.86. The Morgan fingerprint density at radius 1 is 1.43 bits per heavy atom. The van der Waals surface area contributed by atoms with Crippen molar-refractivity contribution in [2.24, 2.45) is 5.73 Å². The van der Waals surface area contributed by atoms with Gasteiger partial charge in [-0.3, -0.25) is 4.79 Å². The zero-order valence-electron chi connectivity index (χ0n) is 14.2. The molecule has 0 fully saturated rings. The Morgan fingerprint density at radius 3 is 2.74 bits per heavy atom. The molecule has 0 saturated carbocycles. The van der Waals surface area contributed by atoms with Crippen molar-refractivity contribution in [3.63, 3.8) is 0 Å². The minimum absolute atomic E-state index is 0.0560. The van der Waals surface area contributed by atoms with Gasteiger partial charge in [0.25, 0.3) is 0 Å². The van der Waals surface area contributed by atoms with Crippen LogP contribution in [0.2, 0.25) is 0 Å². The molecule has 2 rings (SSSR count). The standard InChI is InChI=1S/C18H28N2O2S/c1-4-13(5-2)22-15-11-12(10-14(19)17(15)20-6-3)18(21)16-8-7-9-23-16/h7-9,11,13-15,17,20H,4-6,10,19H2,1-3H3/t14-,15+,17+/m0/s1. The number of hydrogen-bond acceptors (Lipinski definition) is 5. The smallest absolute Gasteiger partial charge is 0.198 e. The zero-order valence-corrected chi connectivity index (χ0v) is 15.1. The molecule has 0 radical (unpaired) electrons. The van der Waals surface area contributed by atoms with Crippen LogP contribution in [-0.4, -0.2) is 36.6 Å². The van der Waals surface area contributed by atoms with Gasteiger partial charge in [0, 0.05) is 11.6 Å². The molecule has 4 nitrogen and oxygen atoms in total. The molecule has 1 heterocycles. The van der Waals surface area contributed by atoms with E-state index in [0.29, 0.717) is 6.42 Å². The molecule has 3 atom stereocenters. The molecule has 0 unspecified atom stereocenters. The number of nitrogens with two attached hydrogens (primary N) is 1. The van der Waals surface area contributed by atoms with Gasteiger partial charge in [0.15, 0.2) is 5.78 Å². The van der Waals surface area contributed by atoms with Crippen LogP contribution >= 0.6 is 11.3 Å². The minimum Gasteiger partial charge on any atom is -0.369 e. The first-order chi connectivity index (χ1) is 11.1. The fourth-order valence-corrected chi connectivity index (χ4v) is 3.76. The van der Waals surface area contributed by atoms with Crippen LogP contribution in [0.25, 0.3) is 0 Å². The van der Waals surface area contributed by atoms with Crippen LogP contribution in [0.5, 0.6) is 0 Å². The summed E-state index contributed by atoms with van der Waals surface area (Å²) in [7, 11) is 0. The zero-order chi connectivity index (χ0) is 16.8. The Kier molecular flexibility index (Phi) is 6.96. The first-order valence-electron chi connectivity index (χ1n) is 8.53. The van der Waals surface area contributed by atoms with E-state index in [1.165, 1.54) is 11.3 Å². The van der Waals surface area contributed by atoms with Crippen LogP contribution in [0.1, 0.15) is 49.7 Å². The lowest BCUT2D eigenvalue weighted by Gasteiger charge is -2.37. The molecule has 23 heavy (non-hydrogen) atoms. The Morgan fingerprint density at radius 2 is 2.17 bits per heavy atom. The maximum Gasteiger partial charge on any atom is 0.198 e. The number of Topliss-reactive ketones (excluding diaryl/α,β-unsaturated/α-hetero) is 1. The van der Waals surface area contributed by atoms with Gasteiger partial charge in [0.2, 0.25) is 0 Å². The molecule has 0 aromatic carbocycles. The summed E-state index contributed by atoms with van der Waals surface area (Å²) in [4.78, 5) is 13.4. The second kappa shape index (κ2) is 8.73. The van der Waals surface area contributed by atoms with E-state index >= 15 is 0 Å². The van der Waals surface area contributed by atoms with Gasteiger partial charge in [0.1, 0.15) is 0 Å². The molecule has 5 heteroatoms. The van der Waals surface area contributed by atoms with Crippen molar-refractivity contribution in [1.29, 1.82) is 0 Å². The molecule has 1 aromatic heterocycles. The number of rotatable bonds is 8. The lowest BCUT2D eigenvalue weighted by molar-refractivity contribution is -0.0166. The molecular weight excluding hydrogens is 308 g/mol. The fraction of sp³-hybridized carbons (Fsp3) is 0.611. The van der Waals surface area contributed by atoms with Crippen molar-refractivity contribution < 1.29 is 9.53 Å². The molecule has 3 N–H and O–H groups in total. The number of thiophene rings is 1. The van der Waals surface area contributed by atoms with E-state index in [2.05, 4.69) is 26.1 Å². The highest BCUT2D eigenvalue weighted by atomic mass is 32.1. The molecule has 1 aliphatic rings. The lowest BCUT2D eigenvalue weighted by Crippen LogP contribution is -2.55. The highest BCUT2D eigenvalue weighted by Crippen LogP contribution is 2.26. The van der Waals surface area contributed by atoms with Crippen molar-refractivity contribution in [3.8, 4) is 0 Å². The van der Waals surface area contributed by atoms with Gasteiger partial charge in [-0.05, 0) is 43.3 Å². The number of likely N-dealkylation sites (N-methyl/N-ethyl adjacent to an activating group) is 1. The van der Waals surface area contributed by atoms with E-state index in [1.54, 1.807) is 0 Å². The van der Waals surface area contributed by atoms with E-state index in [0.717, 1.165) is 29.8 Å². The topological polar surface area (TPSA) is 64.3 Å². The van der Waals surface area contributed by atoms with E-state index < -0.39 is 0 Å². The predicted molar refractivity (Wildman–Crippen MR) is 96.0 cm³/mol. The highest BCUT2D eigenvalue weighted by Gasteiger charge is 2.34. The predicted octanol–water partition coefficient (Wildman–Crippen LogP) is 3.14. The second-order valence-corrected chi connectivity index (χ2v) is 6.94. The first-order valence-corrected chi connectivity index (χ1v) is 9.41. The first kappa shape index (κ1) is 18.3. The molecule has 1 aromatic rings. The van der Waals surface area contributed by atoms with Gasteiger partial charge in [-0.1, -0.05) is 26.8 Å². The summed E-state index contributed by atoms with van der Waals surface area (Å²) in [5, 5.41) is 5.36. The normalized spacial score (nSPS) is 24.7. The van der Waals surface area contributed by atoms with Gasteiger partial charge in [-0.25, -0.2) is 0 Å². The molecule has 0 saturated heterocycles. The Hall–Kier alpha value is -1.01. The number of hydrogen-bond donors (Lipinski definition) is 2.